The highest BCUT2D eigenvalue weighted by Gasteiger charge is 2.29. The lowest BCUT2D eigenvalue weighted by atomic mass is 9.96. The minimum atomic E-state index is -0.297. The fourth-order valence-electron chi connectivity index (χ4n) is 3.81. The zero-order valence-electron chi connectivity index (χ0n) is 17.6. The largest absolute Gasteiger partial charge is 0.338 e. The summed E-state index contributed by atoms with van der Waals surface area (Å²) in [5, 5.41) is 3.48. The van der Waals surface area contributed by atoms with Gasteiger partial charge in [-0.3, -0.25) is 14.4 Å². The number of aryl methyl sites for hydroxylation is 1. The number of aromatic nitrogens is 2. The number of imidazole rings is 1. The van der Waals surface area contributed by atoms with Crippen LogP contribution >= 0.6 is 11.6 Å². The van der Waals surface area contributed by atoms with Gasteiger partial charge in [0.05, 0.1) is 5.92 Å². The molecular weight excluding hydrogens is 428 g/mol. The summed E-state index contributed by atoms with van der Waals surface area (Å²) >= 11 is 5.90. The Morgan fingerprint density at radius 3 is 2.38 bits per heavy atom. The first-order valence-corrected chi connectivity index (χ1v) is 10.8. The highest BCUT2D eigenvalue weighted by atomic mass is 35.5. The molecule has 164 valence electrons. The van der Waals surface area contributed by atoms with Gasteiger partial charge in [0, 0.05) is 54.4 Å². The number of ketones is 1. The Balaban J connectivity index is 1.38. The first kappa shape index (κ1) is 21.8. The summed E-state index contributed by atoms with van der Waals surface area (Å²) in [4.78, 5) is 43.9. The Bertz CT molecular complexity index is 1140. The van der Waals surface area contributed by atoms with Crippen LogP contribution in [-0.2, 0) is 11.8 Å². The number of likely N-dealkylation sites (tertiary alicyclic amines) is 1. The van der Waals surface area contributed by atoms with E-state index < -0.39 is 0 Å². The Labute approximate surface area is 191 Å². The van der Waals surface area contributed by atoms with E-state index in [1.165, 1.54) is 0 Å². The van der Waals surface area contributed by atoms with E-state index in [-0.39, 0.29) is 23.5 Å². The zero-order valence-corrected chi connectivity index (χ0v) is 18.4. The average molecular weight is 451 g/mol. The van der Waals surface area contributed by atoms with Crippen molar-refractivity contribution in [3.05, 3.63) is 82.9 Å². The molecule has 2 amide bonds. The van der Waals surface area contributed by atoms with Crippen LogP contribution in [-0.4, -0.2) is 45.1 Å². The molecular formula is C24H23ClN4O3. The number of rotatable bonds is 5. The van der Waals surface area contributed by atoms with Gasteiger partial charge in [0.2, 0.25) is 11.7 Å². The molecule has 1 N–H and O–H groups in total. The van der Waals surface area contributed by atoms with E-state index in [2.05, 4.69) is 10.3 Å². The van der Waals surface area contributed by atoms with Crippen LogP contribution in [0.5, 0.6) is 0 Å². The number of amides is 2. The Morgan fingerprint density at radius 1 is 1.03 bits per heavy atom. The van der Waals surface area contributed by atoms with Gasteiger partial charge >= 0.3 is 0 Å². The number of hydrogen-bond donors (Lipinski definition) is 1. The molecule has 1 aliphatic rings. The van der Waals surface area contributed by atoms with Crippen molar-refractivity contribution < 1.29 is 14.4 Å². The Morgan fingerprint density at radius 2 is 1.72 bits per heavy atom. The number of benzene rings is 2. The number of piperidine rings is 1. The first-order chi connectivity index (χ1) is 15.4. The quantitative estimate of drug-likeness (QED) is 0.599. The maximum Gasteiger partial charge on any atom is 0.253 e. The lowest BCUT2D eigenvalue weighted by molar-refractivity contribution is -0.121. The first-order valence-electron chi connectivity index (χ1n) is 10.4. The van der Waals surface area contributed by atoms with Crippen molar-refractivity contribution in [1.29, 1.82) is 0 Å². The molecule has 32 heavy (non-hydrogen) atoms. The second-order valence-electron chi connectivity index (χ2n) is 7.85. The van der Waals surface area contributed by atoms with Gasteiger partial charge in [0.25, 0.3) is 5.91 Å². The van der Waals surface area contributed by atoms with Gasteiger partial charge < -0.3 is 14.8 Å². The molecule has 0 spiro atoms. The molecule has 1 aromatic heterocycles. The summed E-state index contributed by atoms with van der Waals surface area (Å²) in [5.41, 5.74) is 1.66. The Kier molecular flexibility index (Phi) is 6.37. The number of carbonyl (C=O) groups excluding carboxylic acids is 3. The lowest BCUT2D eigenvalue weighted by Crippen LogP contribution is -2.43. The van der Waals surface area contributed by atoms with Gasteiger partial charge in [-0.05, 0) is 61.4 Å². The van der Waals surface area contributed by atoms with E-state index in [1.807, 2.05) is 0 Å². The van der Waals surface area contributed by atoms with Crippen molar-refractivity contribution in [2.75, 3.05) is 18.4 Å². The number of anilines is 1. The summed E-state index contributed by atoms with van der Waals surface area (Å²) < 4.78 is 1.66. The van der Waals surface area contributed by atoms with Crippen molar-refractivity contribution in [3.8, 4) is 0 Å². The predicted octanol–water partition coefficient (Wildman–Crippen LogP) is 3.80. The van der Waals surface area contributed by atoms with Crippen molar-refractivity contribution in [2.45, 2.75) is 12.8 Å². The van der Waals surface area contributed by atoms with Gasteiger partial charge in [-0.15, -0.1) is 0 Å². The van der Waals surface area contributed by atoms with Crippen LogP contribution in [0, 0.1) is 5.92 Å². The minimum Gasteiger partial charge on any atom is -0.338 e. The smallest absolute Gasteiger partial charge is 0.253 e. The summed E-state index contributed by atoms with van der Waals surface area (Å²) in [6, 6.07) is 13.5. The molecule has 8 heteroatoms. The number of nitrogens with zero attached hydrogens (tertiary/aromatic N) is 3. The number of nitrogens with one attached hydrogen (secondary N) is 1. The van der Waals surface area contributed by atoms with Crippen molar-refractivity contribution in [2.24, 2.45) is 13.0 Å². The van der Waals surface area contributed by atoms with Crippen LogP contribution in [0.3, 0.4) is 0 Å². The molecule has 0 radical (unpaired) electrons. The fraction of sp³-hybridized carbons (Fsp3) is 0.250. The molecule has 1 atom stereocenters. The van der Waals surface area contributed by atoms with E-state index in [0.29, 0.717) is 47.2 Å². The molecule has 2 heterocycles. The summed E-state index contributed by atoms with van der Waals surface area (Å²) in [6.07, 6.45) is 4.76. The molecule has 0 saturated carbocycles. The van der Waals surface area contributed by atoms with E-state index in [9.17, 15) is 14.4 Å². The van der Waals surface area contributed by atoms with Crippen molar-refractivity contribution in [3.63, 3.8) is 0 Å². The molecule has 1 saturated heterocycles. The fourth-order valence-corrected chi connectivity index (χ4v) is 3.94. The molecule has 0 aliphatic carbocycles. The molecule has 0 bridgehead atoms. The third-order valence-corrected chi connectivity index (χ3v) is 5.86. The van der Waals surface area contributed by atoms with Gasteiger partial charge in [-0.2, -0.15) is 0 Å². The second kappa shape index (κ2) is 9.36. The van der Waals surface area contributed by atoms with Crippen molar-refractivity contribution >= 4 is 34.9 Å². The minimum absolute atomic E-state index is 0.101. The van der Waals surface area contributed by atoms with Crippen LogP contribution in [0.1, 0.15) is 39.4 Å². The number of carbonyl (C=O) groups is 3. The monoisotopic (exact) mass is 450 g/mol. The molecule has 7 nitrogen and oxygen atoms in total. The predicted molar refractivity (Wildman–Crippen MR) is 122 cm³/mol. The highest BCUT2D eigenvalue weighted by Crippen LogP contribution is 2.22. The summed E-state index contributed by atoms with van der Waals surface area (Å²) in [5.74, 6) is -0.361. The van der Waals surface area contributed by atoms with Crippen LogP contribution in [0.25, 0.3) is 0 Å². The second-order valence-corrected chi connectivity index (χ2v) is 8.29. The summed E-state index contributed by atoms with van der Waals surface area (Å²) in [6.45, 7) is 0.984. The molecule has 4 rings (SSSR count). The van der Waals surface area contributed by atoms with E-state index in [0.717, 1.165) is 6.42 Å². The highest BCUT2D eigenvalue weighted by molar-refractivity contribution is 6.30. The number of hydrogen-bond acceptors (Lipinski definition) is 4. The molecule has 2 aromatic carbocycles. The van der Waals surface area contributed by atoms with Gasteiger partial charge in [0.1, 0.15) is 0 Å². The number of halogens is 1. The van der Waals surface area contributed by atoms with Gasteiger partial charge in [-0.25, -0.2) is 4.98 Å². The zero-order chi connectivity index (χ0) is 22.7. The van der Waals surface area contributed by atoms with Crippen LogP contribution in [0.4, 0.5) is 5.69 Å². The molecule has 3 aromatic rings. The average Bonchev–Trinajstić information content (AvgIpc) is 3.25. The van der Waals surface area contributed by atoms with Crippen LogP contribution in [0.2, 0.25) is 5.02 Å². The molecule has 1 aliphatic heterocycles. The Hall–Kier alpha value is -3.45. The molecule has 1 unspecified atom stereocenters. The maximum absolute atomic E-state index is 12.8. The van der Waals surface area contributed by atoms with Crippen molar-refractivity contribution in [1.82, 2.24) is 14.5 Å². The summed E-state index contributed by atoms with van der Waals surface area (Å²) in [7, 11) is 1.76. The van der Waals surface area contributed by atoms with Gasteiger partial charge in [-0.1, -0.05) is 11.6 Å². The van der Waals surface area contributed by atoms with Gasteiger partial charge in [0.15, 0.2) is 5.82 Å². The third-order valence-electron chi connectivity index (χ3n) is 5.61. The van der Waals surface area contributed by atoms with E-state index >= 15 is 0 Å². The topological polar surface area (TPSA) is 84.3 Å². The molecule has 1 fully saturated rings. The van der Waals surface area contributed by atoms with E-state index in [1.54, 1.807) is 77.4 Å². The maximum atomic E-state index is 12.8. The lowest BCUT2D eigenvalue weighted by Gasteiger charge is -2.32. The third kappa shape index (κ3) is 4.73. The normalized spacial score (nSPS) is 15.9. The van der Waals surface area contributed by atoms with Crippen LogP contribution < -0.4 is 5.32 Å². The standard InChI is InChI=1S/C24H23ClN4O3/c1-28-14-12-26-22(28)21(30)16-6-10-20(11-7-16)27-23(31)18-3-2-13-29(15-18)24(32)17-4-8-19(25)9-5-17/h4-12,14,18H,2-3,13,15H2,1H3,(H,27,31). The van der Waals surface area contributed by atoms with Crippen LogP contribution in [0.15, 0.2) is 60.9 Å². The SMILES string of the molecule is Cn1ccnc1C(=O)c1ccc(NC(=O)C2CCCN(C(=O)c3ccc(Cl)cc3)C2)cc1. The van der Waals surface area contributed by atoms with E-state index in [4.69, 9.17) is 11.6 Å².